The maximum Gasteiger partial charge on any atom is 0.234 e. The van der Waals surface area contributed by atoms with Crippen molar-refractivity contribution in [3.8, 4) is 0 Å². The molecule has 0 spiro atoms. The molecule has 4 nitrogen and oxygen atoms in total. The zero-order chi connectivity index (χ0) is 15.8. The predicted molar refractivity (Wildman–Crippen MR) is 92.0 cm³/mol. The molecule has 2 aromatic rings. The van der Waals surface area contributed by atoms with Crippen LogP contribution in [0.25, 0.3) is 0 Å². The highest BCUT2D eigenvalue weighted by atomic mass is 32.2. The van der Waals surface area contributed by atoms with Gasteiger partial charge in [0.1, 0.15) is 0 Å². The van der Waals surface area contributed by atoms with E-state index in [2.05, 4.69) is 10.6 Å². The van der Waals surface area contributed by atoms with Gasteiger partial charge in [-0.25, -0.2) is 0 Å². The van der Waals surface area contributed by atoms with Crippen LogP contribution in [0.4, 0.5) is 11.4 Å². The molecular weight excluding hydrogens is 296 g/mol. The van der Waals surface area contributed by atoms with Crippen LogP contribution in [0, 0.1) is 0 Å². The molecule has 2 N–H and O–H groups in total. The van der Waals surface area contributed by atoms with Crippen molar-refractivity contribution in [2.45, 2.75) is 12.7 Å². The Labute approximate surface area is 134 Å². The van der Waals surface area contributed by atoms with Crippen molar-refractivity contribution in [1.29, 1.82) is 0 Å². The molecule has 114 valence electrons. The highest BCUT2D eigenvalue weighted by Crippen LogP contribution is 2.16. The van der Waals surface area contributed by atoms with E-state index in [1.807, 2.05) is 30.3 Å². The van der Waals surface area contributed by atoms with E-state index in [9.17, 15) is 9.59 Å². The van der Waals surface area contributed by atoms with Crippen LogP contribution in [0.1, 0.15) is 12.5 Å². The van der Waals surface area contributed by atoms with Gasteiger partial charge in [0.25, 0.3) is 0 Å². The van der Waals surface area contributed by atoms with Gasteiger partial charge in [0.2, 0.25) is 11.8 Å². The van der Waals surface area contributed by atoms with Gasteiger partial charge in [0, 0.05) is 24.1 Å². The van der Waals surface area contributed by atoms with Gasteiger partial charge in [-0.05, 0) is 23.8 Å². The number of rotatable bonds is 6. The molecule has 2 rings (SSSR count). The molecule has 2 aromatic carbocycles. The molecule has 0 unspecified atom stereocenters. The van der Waals surface area contributed by atoms with Crippen molar-refractivity contribution in [1.82, 2.24) is 0 Å². The van der Waals surface area contributed by atoms with E-state index in [0.29, 0.717) is 17.1 Å². The first kappa shape index (κ1) is 16.1. The third-order valence-electron chi connectivity index (χ3n) is 2.81. The van der Waals surface area contributed by atoms with E-state index in [4.69, 9.17) is 0 Å². The summed E-state index contributed by atoms with van der Waals surface area (Å²) >= 11 is 1.57. The van der Waals surface area contributed by atoms with Gasteiger partial charge in [-0.2, -0.15) is 0 Å². The van der Waals surface area contributed by atoms with Crippen LogP contribution in [-0.2, 0) is 15.3 Å². The smallest absolute Gasteiger partial charge is 0.234 e. The molecule has 0 atom stereocenters. The van der Waals surface area contributed by atoms with Crippen molar-refractivity contribution in [2.75, 3.05) is 16.4 Å². The number of anilines is 2. The molecule has 0 radical (unpaired) electrons. The van der Waals surface area contributed by atoms with E-state index in [0.717, 1.165) is 5.75 Å². The standard InChI is InChI=1S/C17H18N2O2S/c1-13(20)18-15-8-5-9-16(10-15)19-17(21)12-22-11-14-6-3-2-4-7-14/h2-10H,11-12H2,1H3,(H,18,20)(H,19,21). The van der Waals surface area contributed by atoms with E-state index < -0.39 is 0 Å². The SMILES string of the molecule is CC(=O)Nc1cccc(NC(=O)CSCc2ccccc2)c1. The summed E-state index contributed by atoms with van der Waals surface area (Å²) in [6.45, 7) is 1.45. The lowest BCUT2D eigenvalue weighted by Crippen LogP contribution is -2.14. The molecule has 5 heteroatoms. The number of thioether (sulfide) groups is 1. The molecule has 0 saturated carbocycles. The van der Waals surface area contributed by atoms with Crippen LogP contribution < -0.4 is 10.6 Å². The molecule has 0 aliphatic carbocycles. The number of carbonyl (C=O) groups is 2. The maximum absolute atomic E-state index is 11.9. The minimum Gasteiger partial charge on any atom is -0.326 e. The van der Waals surface area contributed by atoms with Crippen LogP contribution in [0.15, 0.2) is 54.6 Å². The fourth-order valence-corrected chi connectivity index (χ4v) is 2.70. The Hall–Kier alpha value is -2.27. The third-order valence-corrected chi connectivity index (χ3v) is 3.82. The largest absolute Gasteiger partial charge is 0.326 e. The van der Waals surface area contributed by atoms with E-state index >= 15 is 0 Å². The number of hydrogen-bond donors (Lipinski definition) is 2. The van der Waals surface area contributed by atoms with Crippen LogP contribution in [-0.4, -0.2) is 17.6 Å². The Morgan fingerprint density at radius 2 is 1.64 bits per heavy atom. The van der Waals surface area contributed by atoms with Gasteiger partial charge in [0.15, 0.2) is 0 Å². The number of hydrogen-bond acceptors (Lipinski definition) is 3. The van der Waals surface area contributed by atoms with Crippen molar-refractivity contribution >= 4 is 35.0 Å². The van der Waals surface area contributed by atoms with Crippen LogP contribution in [0.5, 0.6) is 0 Å². The minimum atomic E-state index is -0.137. The second kappa shape index (κ2) is 8.24. The molecule has 0 aromatic heterocycles. The highest BCUT2D eigenvalue weighted by Gasteiger charge is 2.04. The van der Waals surface area contributed by atoms with Gasteiger partial charge in [0.05, 0.1) is 5.75 Å². The first-order valence-corrected chi connectivity index (χ1v) is 8.08. The number of amides is 2. The van der Waals surface area contributed by atoms with E-state index in [-0.39, 0.29) is 11.8 Å². The molecule has 0 heterocycles. The molecule has 22 heavy (non-hydrogen) atoms. The van der Waals surface area contributed by atoms with Gasteiger partial charge in [-0.15, -0.1) is 11.8 Å². The Bertz CT molecular complexity index is 644. The quantitative estimate of drug-likeness (QED) is 0.858. The fourth-order valence-electron chi connectivity index (χ4n) is 1.91. The molecule has 0 aliphatic heterocycles. The summed E-state index contributed by atoms with van der Waals surface area (Å²) in [7, 11) is 0. The van der Waals surface area contributed by atoms with Crippen LogP contribution >= 0.6 is 11.8 Å². The zero-order valence-electron chi connectivity index (χ0n) is 12.3. The topological polar surface area (TPSA) is 58.2 Å². The normalized spacial score (nSPS) is 10.0. The average molecular weight is 314 g/mol. The van der Waals surface area contributed by atoms with Gasteiger partial charge in [-0.1, -0.05) is 36.4 Å². The predicted octanol–water partition coefficient (Wildman–Crippen LogP) is 3.52. The third kappa shape index (κ3) is 5.61. The van der Waals surface area contributed by atoms with Gasteiger partial charge >= 0.3 is 0 Å². The lowest BCUT2D eigenvalue weighted by atomic mass is 10.2. The number of nitrogens with one attached hydrogen (secondary N) is 2. The Balaban J connectivity index is 1.80. The monoisotopic (exact) mass is 314 g/mol. The lowest BCUT2D eigenvalue weighted by molar-refractivity contribution is -0.114. The van der Waals surface area contributed by atoms with E-state index in [1.54, 1.807) is 36.0 Å². The van der Waals surface area contributed by atoms with E-state index in [1.165, 1.54) is 12.5 Å². The summed E-state index contributed by atoms with van der Waals surface area (Å²) in [5.41, 5.74) is 2.55. The summed E-state index contributed by atoms with van der Waals surface area (Å²) in [6, 6.07) is 17.1. The first-order chi connectivity index (χ1) is 10.6. The Morgan fingerprint density at radius 3 is 2.32 bits per heavy atom. The second-order valence-corrected chi connectivity index (χ2v) is 5.77. The molecule has 0 aliphatic rings. The van der Waals surface area contributed by atoms with Crippen LogP contribution in [0.2, 0.25) is 0 Å². The van der Waals surface area contributed by atoms with Crippen molar-refractivity contribution in [3.05, 3.63) is 60.2 Å². The molecule has 0 bridgehead atoms. The van der Waals surface area contributed by atoms with Gasteiger partial charge in [-0.3, -0.25) is 9.59 Å². The van der Waals surface area contributed by atoms with Gasteiger partial charge < -0.3 is 10.6 Å². The maximum atomic E-state index is 11.9. The molecule has 0 fully saturated rings. The summed E-state index contributed by atoms with van der Waals surface area (Å²) in [5.74, 6) is 1.00. The minimum absolute atomic E-state index is 0.0547. The number of carbonyl (C=O) groups excluding carboxylic acids is 2. The van der Waals surface area contributed by atoms with Crippen molar-refractivity contribution in [3.63, 3.8) is 0 Å². The highest BCUT2D eigenvalue weighted by molar-refractivity contribution is 7.99. The average Bonchev–Trinajstić information content (AvgIpc) is 2.48. The number of benzene rings is 2. The zero-order valence-corrected chi connectivity index (χ0v) is 13.2. The summed E-state index contributed by atoms with van der Waals surface area (Å²) in [6.07, 6.45) is 0. The van der Waals surface area contributed by atoms with Crippen molar-refractivity contribution < 1.29 is 9.59 Å². The summed E-state index contributed by atoms with van der Waals surface area (Å²) in [4.78, 5) is 22.9. The van der Waals surface area contributed by atoms with Crippen LogP contribution in [0.3, 0.4) is 0 Å². The van der Waals surface area contributed by atoms with Crippen molar-refractivity contribution in [2.24, 2.45) is 0 Å². The fraction of sp³-hybridized carbons (Fsp3) is 0.176. The first-order valence-electron chi connectivity index (χ1n) is 6.92. The molecular formula is C17H18N2O2S. The summed E-state index contributed by atoms with van der Waals surface area (Å²) in [5, 5.41) is 5.52. The molecule has 2 amide bonds. The second-order valence-electron chi connectivity index (χ2n) is 4.79. The Morgan fingerprint density at radius 1 is 0.955 bits per heavy atom. The molecule has 0 saturated heterocycles. The summed E-state index contributed by atoms with van der Waals surface area (Å²) < 4.78 is 0. The Kier molecular flexibility index (Phi) is 6.03. The lowest BCUT2D eigenvalue weighted by Gasteiger charge is -2.08.